The molecule has 8 nitrogen and oxygen atoms in total. The quantitative estimate of drug-likeness (QED) is 0.658. The summed E-state index contributed by atoms with van der Waals surface area (Å²) in [6, 6.07) is 2.88. The average Bonchev–Trinajstić information content (AvgIpc) is 3.12. The number of ether oxygens (including phenoxy) is 2. The molecule has 2 N–H and O–H groups in total. The van der Waals surface area contributed by atoms with E-state index in [-0.39, 0.29) is 35.4 Å². The summed E-state index contributed by atoms with van der Waals surface area (Å²) in [6.07, 6.45) is -3.29. The SMILES string of the molecule is CC(F)(F)CN1CC(Cc2nc3c4ccc5c(c4nc(N)n3n2)OC(F)(F)O5)C1. The Morgan fingerprint density at radius 3 is 2.72 bits per heavy atom. The van der Waals surface area contributed by atoms with E-state index in [4.69, 9.17) is 5.73 Å². The highest BCUT2D eigenvalue weighted by atomic mass is 19.3. The molecule has 0 saturated carbocycles. The first-order chi connectivity index (χ1) is 13.6. The number of nitrogens with zero attached hydrogens (tertiary/aromatic N) is 5. The molecule has 3 aromatic rings. The number of hydrogen-bond acceptors (Lipinski definition) is 7. The predicted octanol–water partition coefficient (Wildman–Crippen LogP) is 2.31. The van der Waals surface area contributed by atoms with Crippen LogP contribution in [0.1, 0.15) is 12.7 Å². The second kappa shape index (κ2) is 5.81. The van der Waals surface area contributed by atoms with Crippen molar-refractivity contribution in [1.29, 1.82) is 0 Å². The Bertz CT molecular complexity index is 1120. The minimum Gasteiger partial charge on any atom is -0.395 e. The van der Waals surface area contributed by atoms with Crippen molar-refractivity contribution < 1.29 is 27.0 Å². The third-order valence-electron chi connectivity index (χ3n) is 4.89. The summed E-state index contributed by atoms with van der Waals surface area (Å²) in [5.74, 6) is -2.49. The van der Waals surface area contributed by atoms with Crippen molar-refractivity contribution in [3.8, 4) is 11.5 Å². The van der Waals surface area contributed by atoms with Gasteiger partial charge in [-0.2, -0.15) is 4.52 Å². The lowest BCUT2D eigenvalue weighted by Gasteiger charge is -2.40. The smallest absolute Gasteiger partial charge is 0.395 e. The van der Waals surface area contributed by atoms with Crippen LogP contribution in [0.5, 0.6) is 11.5 Å². The van der Waals surface area contributed by atoms with Crippen LogP contribution in [0.3, 0.4) is 0 Å². The van der Waals surface area contributed by atoms with Crippen molar-refractivity contribution in [3.63, 3.8) is 0 Å². The number of benzene rings is 1. The van der Waals surface area contributed by atoms with Gasteiger partial charge in [0, 0.05) is 31.8 Å². The van der Waals surface area contributed by atoms with E-state index < -0.39 is 12.2 Å². The number of fused-ring (bicyclic) bond motifs is 5. The maximum Gasteiger partial charge on any atom is 0.586 e. The molecule has 29 heavy (non-hydrogen) atoms. The summed E-state index contributed by atoms with van der Waals surface area (Å²) in [7, 11) is 0. The molecular weight excluding hydrogens is 396 g/mol. The third-order valence-corrected chi connectivity index (χ3v) is 4.89. The maximum absolute atomic E-state index is 13.4. The molecule has 2 aromatic heterocycles. The molecule has 1 fully saturated rings. The van der Waals surface area contributed by atoms with Gasteiger partial charge in [-0.05, 0) is 18.1 Å². The number of anilines is 1. The molecular formula is C17H16F4N6O2. The molecule has 0 aliphatic carbocycles. The van der Waals surface area contributed by atoms with Crippen LogP contribution in [0, 0.1) is 5.92 Å². The van der Waals surface area contributed by atoms with Gasteiger partial charge in [0.15, 0.2) is 23.0 Å². The highest BCUT2D eigenvalue weighted by Crippen LogP contribution is 2.45. The molecule has 154 valence electrons. The zero-order valence-corrected chi connectivity index (χ0v) is 15.2. The summed E-state index contributed by atoms with van der Waals surface area (Å²) in [4.78, 5) is 10.3. The Kier molecular flexibility index (Phi) is 3.64. The van der Waals surface area contributed by atoms with Crippen LogP contribution in [0.15, 0.2) is 12.1 Å². The molecule has 4 heterocycles. The molecule has 0 amide bonds. The van der Waals surface area contributed by atoms with E-state index in [1.54, 1.807) is 4.90 Å². The highest BCUT2D eigenvalue weighted by molar-refractivity contribution is 5.97. The largest absolute Gasteiger partial charge is 0.586 e. The first-order valence-corrected chi connectivity index (χ1v) is 8.92. The van der Waals surface area contributed by atoms with E-state index in [0.29, 0.717) is 36.4 Å². The fraction of sp³-hybridized carbons (Fsp3) is 0.471. The van der Waals surface area contributed by atoms with E-state index in [1.807, 2.05) is 0 Å². The molecule has 1 saturated heterocycles. The van der Waals surface area contributed by atoms with Gasteiger partial charge >= 0.3 is 6.29 Å². The highest BCUT2D eigenvalue weighted by Gasteiger charge is 2.45. The van der Waals surface area contributed by atoms with Gasteiger partial charge < -0.3 is 15.2 Å². The number of aromatic nitrogens is 4. The van der Waals surface area contributed by atoms with Crippen LogP contribution < -0.4 is 15.2 Å². The van der Waals surface area contributed by atoms with Gasteiger partial charge in [-0.1, -0.05) is 0 Å². The average molecular weight is 412 g/mol. The zero-order chi connectivity index (χ0) is 20.6. The molecule has 0 bridgehead atoms. The molecule has 0 spiro atoms. The van der Waals surface area contributed by atoms with E-state index in [0.717, 1.165) is 6.92 Å². The van der Waals surface area contributed by atoms with Gasteiger partial charge in [-0.25, -0.2) is 18.7 Å². The van der Waals surface area contributed by atoms with Gasteiger partial charge in [0.25, 0.3) is 5.92 Å². The molecule has 1 aromatic carbocycles. The molecule has 2 aliphatic heterocycles. The number of halogens is 4. The van der Waals surface area contributed by atoms with E-state index in [1.165, 1.54) is 16.6 Å². The lowest BCUT2D eigenvalue weighted by molar-refractivity contribution is -0.286. The first kappa shape index (κ1) is 18.2. The van der Waals surface area contributed by atoms with Crippen LogP contribution in [0.4, 0.5) is 23.5 Å². The number of rotatable bonds is 4. The lowest BCUT2D eigenvalue weighted by atomic mass is 9.95. The van der Waals surface area contributed by atoms with E-state index in [9.17, 15) is 17.6 Å². The van der Waals surface area contributed by atoms with Gasteiger partial charge in [0.2, 0.25) is 5.95 Å². The lowest BCUT2D eigenvalue weighted by Crippen LogP contribution is -2.51. The van der Waals surface area contributed by atoms with Crippen molar-refractivity contribution in [2.24, 2.45) is 5.92 Å². The van der Waals surface area contributed by atoms with E-state index >= 15 is 0 Å². The minimum absolute atomic E-state index is 0.0423. The Balaban J connectivity index is 1.44. The Morgan fingerprint density at radius 2 is 2.00 bits per heavy atom. The Labute approximate surface area is 161 Å². The minimum atomic E-state index is -3.77. The van der Waals surface area contributed by atoms with Gasteiger partial charge in [0.05, 0.1) is 6.54 Å². The van der Waals surface area contributed by atoms with Gasteiger partial charge in [-0.3, -0.25) is 4.90 Å². The van der Waals surface area contributed by atoms with Crippen LogP contribution in [-0.4, -0.2) is 56.3 Å². The van der Waals surface area contributed by atoms with Crippen molar-refractivity contribution in [3.05, 3.63) is 18.0 Å². The number of nitrogens with two attached hydrogens (primary N) is 1. The van der Waals surface area contributed by atoms with Crippen molar-refractivity contribution in [1.82, 2.24) is 24.5 Å². The van der Waals surface area contributed by atoms with Crippen molar-refractivity contribution in [2.45, 2.75) is 25.6 Å². The summed E-state index contributed by atoms with van der Waals surface area (Å²) in [5, 5.41) is 4.77. The summed E-state index contributed by atoms with van der Waals surface area (Å²) < 4.78 is 63.3. The van der Waals surface area contributed by atoms with Crippen molar-refractivity contribution >= 4 is 22.5 Å². The Hall–Kier alpha value is -2.89. The van der Waals surface area contributed by atoms with Crippen LogP contribution in [0.25, 0.3) is 16.6 Å². The number of hydrogen-bond donors (Lipinski definition) is 1. The molecule has 5 rings (SSSR count). The van der Waals surface area contributed by atoms with Crippen molar-refractivity contribution in [2.75, 3.05) is 25.4 Å². The second-order valence-corrected chi connectivity index (χ2v) is 7.52. The van der Waals surface area contributed by atoms with Crippen LogP contribution >= 0.6 is 0 Å². The standard InChI is InChI=1S/C17H16F4N6O2/c1-16(18,19)7-26-5-8(6-26)4-11-23-14-9-2-3-10-13(29-17(20,21)28-10)12(9)24-15(22)27(14)25-11/h2-3,8H,4-7H2,1H3,(H2,22,24). The number of likely N-dealkylation sites (tertiary alicyclic amines) is 1. The third kappa shape index (κ3) is 3.16. The molecule has 0 atom stereocenters. The molecule has 12 heteroatoms. The zero-order valence-electron chi connectivity index (χ0n) is 15.2. The predicted molar refractivity (Wildman–Crippen MR) is 93.2 cm³/mol. The molecule has 0 unspecified atom stereocenters. The van der Waals surface area contributed by atoms with Gasteiger partial charge in [-0.15, -0.1) is 13.9 Å². The summed E-state index contributed by atoms with van der Waals surface area (Å²) in [5.41, 5.74) is 6.39. The normalized spacial score (nSPS) is 19.2. The first-order valence-electron chi connectivity index (χ1n) is 8.92. The van der Waals surface area contributed by atoms with Crippen LogP contribution in [0.2, 0.25) is 0 Å². The summed E-state index contributed by atoms with van der Waals surface area (Å²) in [6.45, 7) is 1.68. The van der Waals surface area contributed by atoms with Gasteiger partial charge in [0.1, 0.15) is 5.52 Å². The number of alkyl halides is 4. The van der Waals surface area contributed by atoms with E-state index in [2.05, 4.69) is 24.5 Å². The Morgan fingerprint density at radius 1 is 1.24 bits per heavy atom. The monoisotopic (exact) mass is 412 g/mol. The number of nitrogen functional groups attached to an aromatic ring is 1. The maximum atomic E-state index is 13.4. The fourth-order valence-corrected chi connectivity index (χ4v) is 3.81. The molecule has 0 radical (unpaired) electrons. The fourth-order valence-electron chi connectivity index (χ4n) is 3.81. The summed E-state index contributed by atoms with van der Waals surface area (Å²) >= 11 is 0. The topological polar surface area (TPSA) is 90.8 Å². The molecule has 2 aliphatic rings. The van der Waals surface area contributed by atoms with Crippen LogP contribution in [-0.2, 0) is 6.42 Å². The second-order valence-electron chi connectivity index (χ2n) is 7.52.